The smallest absolute Gasteiger partial charge is 0.152 e. The maximum Gasteiger partial charge on any atom is 0.152 e. The standard InChI is InChI=1S/C10H15N3O2S/c1-11-10-6-8(2-4-12-10)13-9-3-5-16(14,15)7-9/h2,4,6,9H,3,5,7H2,1H3,(H2,11,12,13). The summed E-state index contributed by atoms with van der Waals surface area (Å²) in [5.41, 5.74) is 0.904. The first-order chi connectivity index (χ1) is 7.59. The van der Waals surface area contributed by atoms with Gasteiger partial charge in [0, 0.05) is 31.0 Å². The molecule has 1 atom stereocenters. The third-order valence-corrected chi connectivity index (χ3v) is 4.39. The topological polar surface area (TPSA) is 71.1 Å². The number of hydrogen-bond donors (Lipinski definition) is 2. The molecule has 0 aromatic carbocycles. The van der Waals surface area contributed by atoms with Crippen LogP contribution in [0.2, 0.25) is 0 Å². The molecule has 1 saturated heterocycles. The van der Waals surface area contributed by atoms with E-state index in [1.54, 1.807) is 13.2 Å². The van der Waals surface area contributed by atoms with Crippen molar-refractivity contribution in [2.75, 3.05) is 29.2 Å². The maximum atomic E-state index is 11.3. The van der Waals surface area contributed by atoms with Crippen molar-refractivity contribution in [1.82, 2.24) is 4.98 Å². The van der Waals surface area contributed by atoms with Gasteiger partial charge in [-0.3, -0.25) is 0 Å². The van der Waals surface area contributed by atoms with Crippen molar-refractivity contribution >= 4 is 21.3 Å². The summed E-state index contributed by atoms with van der Waals surface area (Å²) in [7, 11) is -1.03. The van der Waals surface area contributed by atoms with Gasteiger partial charge in [0.05, 0.1) is 11.5 Å². The average Bonchev–Trinajstić information content (AvgIpc) is 2.58. The molecule has 0 saturated carbocycles. The Morgan fingerprint density at radius 1 is 1.50 bits per heavy atom. The van der Waals surface area contributed by atoms with Crippen LogP contribution >= 0.6 is 0 Å². The number of nitrogens with zero attached hydrogens (tertiary/aromatic N) is 1. The van der Waals surface area contributed by atoms with E-state index < -0.39 is 9.84 Å². The van der Waals surface area contributed by atoms with Gasteiger partial charge in [-0.05, 0) is 12.5 Å². The molecule has 2 rings (SSSR count). The van der Waals surface area contributed by atoms with Crippen molar-refractivity contribution in [3.63, 3.8) is 0 Å². The Morgan fingerprint density at radius 3 is 2.94 bits per heavy atom. The first kappa shape index (κ1) is 11.2. The van der Waals surface area contributed by atoms with E-state index in [2.05, 4.69) is 15.6 Å². The maximum absolute atomic E-state index is 11.3. The van der Waals surface area contributed by atoms with Gasteiger partial charge in [0.1, 0.15) is 5.82 Å². The molecular formula is C10H15N3O2S. The summed E-state index contributed by atoms with van der Waals surface area (Å²) in [6, 6.07) is 3.73. The molecule has 0 bridgehead atoms. The Hall–Kier alpha value is -1.30. The first-order valence-corrected chi connectivity index (χ1v) is 7.02. The third kappa shape index (κ3) is 2.63. The van der Waals surface area contributed by atoms with E-state index in [9.17, 15) is 8.42 Å². The molecular weight excluding hydrogens is 226 g/mol. The fourth-order valence-corrected chi connectivity index (χ4v) is 3.47. The Labute approximate surface area is 95.2 Å². The van der Waals surface area contributed by atoms with E-state index in [-0.39, 0.29) is 17.5 Å². The molecule has 1 unspecified atom stereocenters. The molecule has 2 heterocycles. The zero-order valence-electron chi connectivity index (χ0n) is 9.10. The van der Waals surface area contributed by atoms with Gasteiger partial charge in [0.25, 0.3) is 0 Å². The van der Waals surface area contributed by atoms with Crippen LogP contribution < -0.4 is 10.6 Å². The van der Waals surface area contributed by atoms with Crippen LogP contribution in [-0.4, -0.2) is 38.0 Å². The van der Waals surface area contributed by atoms with Gasteiger partial charge in [0.15, 0.2) is 9.84 Å². The lowest BCUT2D eigenvalue weighted by Crippen LogP contribution is -2.20. The zero-order valence-corrected chi connectivity index (χ0v) is 9.92. The summed E-state index contributed by atoms with van der Waals surface area (Å²) in [6.45, 7) is 0. The molecule has 1 fully saturated rings. The van der Waals surface area contributed by atoms with Crippen molar-refractivity contribution < 1.29 is 8.42 Å². The van der Waals surface area contributed by atoms with Crippen molar-refractivity contribution in [1.29, 1.82) is 0 Å². The SMILES string of the molecule is CNc1cc(NC2CCS(=O)(=O)C2)ccn1. The van der Waals surface area contributed by atoms with Crippen LogP contribution in [-0.2, 0) is 9.84 Å². The minimum atomic E-state index is -2.83. The minimum Gasteiger partial charge on any atom is -0.381 e. The lowest BCUT2D eigenvalue weighted by atomic mass is 10.2. The molecule has 16 heavy (non-hydrogen) atoms. The highest BCUT2D eigenvalue weighted by Gasteiger charge is 2.27. The van der Waals surface area contributed by atoms with E-state index in [0.29, 0.717) is 6.42 Å². The van der Waals surface area contributed by atoms with Gasteiger partial charge in [-0.1, -0.05) is 0 Å². The molecule has 1 aromatic heterocycles. The van der Waals surface area contributed by atoms with Crippen LogP contribution in [0.4, 0.5) is 11.5 Å². The summed E-state index contributed by atoms with van der Waals surface area (Å²) >= 11 is 0. The molecule has 0 radical (unpaired) electrons. The van der Waals surface area contributed by atoms with Crippen molar-refractivity contribution in [2.24, 2.45) is 0 Å². The second-order valence-corrected chi connectivity index (χ2v) is 6.15. The van der Waals surface area contributed by atoms with Crippen molar-refractivity contribution in [3.05, 3.63) is 18.3 Å². The number of aromatic nitrogens is 1. The number of rotatable bonds is 3. The van der Waals surface area contributed by atoms with Crippen LogP contribution in [0.25, 0.3) is 0 Å². The Kier molecular flexibility index (Phi) is 3.00. The zero-order chi connectivity index (χ0) is 11.6. The molecule has 0 spiro atoms. The van der Waals surface area contributed by atoms with Crippen LogP contribution in [0, 0.1) is 0 Å². The fourth-order valence-electron chi connectivity index (χ4n) is 1.80. The summed E-state index contributed by atoms with van der Waals surface area (Å²) < 4.78 is 22.6. The molecule has 6 heteroatoms. The van der Waals surface area contributed by atoms with Crippen LogP contribution in [0.1, 0.15) is 6.42 Å². The predicted molar refractivity (Wildman–Crippen MR) is 64.5 cm³/mol. The van der Waals surface area contributed by atoms with Crippen LogP contribution in [0.3, 0.4) is 0 Å². The summed E-state index contributed by atoms with van der Waals surface area (Å²) in [4.78, 5) is 4.09. The highest BCUT2D eigenvalue weighted by atomic mass is 32.2. The summed E-state index contributed by atoms with van der Waals surface area (Å²) in [5.74, 6) is 1.28. The van der Waals surface area contributed by atoms with E-state index in [1.165, 1.54) is 0 Å². The quantitative estimate of drug-likeness (QED) is 0.816. The lowest BCUT2D eigenvalue weighted by Gasteiger charge is -2.12. The van der Waals surface area contributed by atoms with E-state index >= 15 is 0 Å². The highest BCUT2D eigenvalue weighted by molar-refractivity contribution is 7.91. The second-order valence-electron chi connectivity index (χ2n) is 3.92. The van der Waals surface area contributed by atoms with Gasteiger partial charge in [0.2, 0.25) is 0 Å². The van der Waals surface area contributed by atoms with Crippen LogP contribution in [0.15, 0.2) is 18.3 Å². The van der Waals surface area contributed by atoms with Gasteiger partial charge in [-0.2, -0.15) is 0 Å². The Balaban J connectivity index is 2.04. The predicted octanol–water partition coefficient (Wildman–Crippen LogP) is 0.722. The minimum absolute atomic E-state index is 0.0251. The van der Waals surface area contributed by atoms with Gasteiger partial charge >= 0.3 is 0 Å². The molecule has 1 aliphatic heterocycles. The molecule has 0 amide bonds. The molecule has 88 valence electrons. The molecule has 2 N–H and O–H groups in total. The number of nitrogens with one attached hydrogen (secondary N) is 2. The van der Waals surface area contributed by atoms with Crippen LogP contribution in [0.5, 0.6) is 0 Å². The third-order valence-electron chi connectivity index (χ3n) is 2.62. The Morgan fingerprint density at radius 2 is 2.31 bits per heavy atom. The molecule has 1 aliphatic rings. The summed E-state index contributed by atoms with van der Waals surface area (Å²) in [5, 5.41) is 6.15. The number of sulfone groups is 1. The monoisotopic (exact) mass is 241 g/mol. The Bertz CT molecular complexity index is 473. The average molecular weight is 241 g/mol. The highest BCUT2D eigenvalue weighted by Crippen LogP contribution is 2.18. The number of pyridine rings is 1. The summed E-state index contributed by atoms with van der Waals surface area (Å²) in [6.07, 6.45) is 2.37. The largest absolute Gasteiger partial charge is 0.381 e. The molecule has 0 aliphatic carbocycles. The van der Waals surface area contributed by atoms with Gasteiger partial charge < -0.3 is 10.6 Å². The molecule has 1 aromatic rings. The van der Waals surface area contributed by atoms with E-state index in [4.69, 9.17) is 0 Å². The van der Waals surface area contributed by atoms with E-state index in [0.717, 1.165) is 11.5 Å². The molecule has 5 nitrogen and oxygen atoms in total. The van der Waals surface area contributed by atoms with Gasteiger partial charge in [-0.25, -0.2) is 13.4 Å². The number of hydrogen-bond acceptors (Lipinski definition) is 5. The number of anilines is 2. The fraction of sp³-hybridized carbons (Fsp3) is 0.500. The van der Waals surface area contributed by atoms with Crippen molar-refractivity contribution in [2.45, 2.75) is 12.5 Å². The lowest BCUT2D eigenvalue weighted by molar-refractivity contribution is 0.602. The van der Waals surface area contributed by atoms with Crippen molar-refractivity contribution in [3.8, 4) is 0 Å². The normalized spacial score (nSPS) is 22.9. The van der Waals surface area contributed by atoms with Gasteiger partial charge in [-0.15, -0.1) is 0 Å². The van der Waals surface area contributed by atoms with E-state index in [1.807, 2.05) is 12.1 Å². The first-order valence-electron chi connectivity index (χ1n) is 5.20. The second kappa shape index (κ2) is 4.29.